The Kier molecular flexibility index (Phi) is 4.43. The van der Waals surface area contributed by atoms with Crippen molar-refractivity contribution < 1.29 is 5.11 Å². The molecule has 0 aliphatic rings. The van der Waals surface area contributed by atoms with Crippen molar-refractivity contribution in [2.45, 2.75) is 13.8 Å². The smallest absolute Gasteiger partial charge is 0.258 e. The number of aromatic hydroxyl groups is 1. The van der Waals surface area contributed by atoms with Gasteiger partial charge >= 0.3 is 0 Å². The maximum atomic E-state index is 12.4. The van der Waals surface area contributed by atoms with Crippen LogP contribution in [-0.2, 0) is 7.05 Å². The summed E-state index contributed by atoms with van der Waals surface area (Å²) in [7, 11) is 1.77. The number of hydrogen-bond donors (Lipinski definition) is 1. The van der Waals surface area contributed by atoms with E-state index in [1.807, 2.05) is 44.2 Å². The summed E-state index contributed by atoms with van der Waals surface area (Å²) >= 11 is 0. The molecule has 21 heavy (non-hydrogen) atoms. The van der Waals surface area contributed by atoms with E-state index >= 15 is 0 Å². The van der Waals surface area contributed by atoms with Gasteiger partial charge in [-0.05, 0) is 35.2 Å². The van der Waals surface area contributed by atoms with Gasteiger partial charge in [0.25, 0.3) is 5.56 Å². The highest BCUT2D eigenvalue weighted by atomic mass is 16.3. The number of hydrogen-bond acceptors (Lipinski definition) is 2. The molecule has 0 aliphatic heterocycles. The lowest BCUT2D eigenvalue weighted by Gasteiger charge is -2.08. The highest BCUT2D eigenvalue weighted by molar-refractivity contribution is 5.84. The molecule has 2 aromatic carbocycles. The highest BCUT2D eigenvalue weighted by Gasteiger charge is 2.08. The second kappa shape index (κ2) is 6.27. The predicted molar refractivity (Wildman–Crippen MR) is 87.6 cm³/mol. The third-order valence-electron chi connectivity index (χ3n) is 3.31. The number of pyridine rings is 1. The van der Waals surface area contributed by atoms with Gasteiger partial charge in [-0.25, -0.2) is 0 Å². The molecule has 3 heteroatoms. The standard InChI is InChI=1S/C16H13NO2.C2H6/c1-17-15-5-3-2-4-12(15)10-14(16(17)19)11-6-8-13(18)9-7-11;1-2/h2-10,18H,1H3;1-2H3. The van der Waals surface area contributed by atoms with Crippen molar-refractivity contribution in [1.29, 1.82) is 0 Å². The van der Waals surface area contributed by atoms with Crippen LogP contribution in [0.5, 0.6) is 5.75 Å². The Labute approximate surface area is 124 Å². The molecule has 1 heterocycles. The van der Waals surface area contributed by atoms with Crippen LogP contribution in [0.25, 0.3) is 22.0 Å². The molecule has 0 unspecified atom stereocenters. The minimum atomic E-state index is -0.0376. The van der Waals surface area contributed by atoms with Crippen LogP contribution < -0.4 is 5.56 Å². The largest absolute Gasteiger partial charge is 0.508 e. The third kappa shape index (κ3) is 2.82. The highest BCUT2D eigenvalue weighted by Crippen LogP contribution is 2.22. The van der Waals surface area contributed by atoms with Crippen molar-refractivity contribution in [1.82, 2.24) is 4.57 Å². The Bertz CT molecular complexity index is 802. The first-order valence-electron chi connectivity index (χ1n) is 7.05. The molecule has 0 atom stereocenters. The fourth-order valence-corrected chi connectivity index (χ4v) is 2.27. The molecule has 3 nitrogen and oxygen atoms in total. The van der Waals surface area contributed by atoms with E-state index in [1.54, 1.807) is 35.9 Å². The minimum absolute atomic E-state index is 0.0376. The molecular weight excluding hydrogens is 262 g/mol. The van der Waals surface area contributed by atoms with Crippen LogP contribution in [0.15, 0.2) is 59.4 Å². The molecule has 0 saturated carbocycles. The van der Waals surface area contributed by atoms with Crippen LogP contribution in [-0.4, -0.2) is 9.67 Å². The first-order chi connectivity index (χ1) is 10.2. The zero-order valence-electron chi connectivity index (χ0n) is 12.5. The molecule has 0 fully saturated rings. The lowest BCUT2D eigenvalue weighted by atomic mass is 10.0. The predicted octanol–water partition coefficient (Wildman–Crippen LogP) is 3.94. The van der Waals surface area contributed by atoms with E-state index in [-0.39, 0.29) is 11.3 Å². The van der Waals surface area contributed by atoms with Gasteiger partial charge in [0.1, 0.15) is 5.75 Å². The maximum Gasteiger partial charge on any atom is 0.258 e. The third-order valence-corrected chi connectivity index (χ3v) is 3.31. The Morgan fingerprint density at radius 3 is 2.24 bits per heavy atom. The zero-order chi connectivity index (χ0) is 15.4. The SMILES string of the molecule is CC.Cn1c(=O)c(-c2ccc(O)cc2)cc2ccccc21. The Morgan fingerprint density at radius 2 is 1.57 bits per heavy atom. The van der Waals surface area contributed by atoms with E-state index in [0.717, 1.165) is 16.5 Å². The molecular formula is C18H19NO2. The molecule has 0 aliphatic carbocycles. The number of aromatic nitrogens is 1. The van der Waals surface area contributed by atoms with Crippen molar-refractivity contribution in [3.63, 3.8) is 0 Å². The first-order valence-corrected chi connectivity index (χ1v) is 7.05. The molecule has 1 N–H and O–H groups in total. The monoisotopic (exact) mass is 281 g/mol. The van der Waals surface area contributed by atoms with Crippen LogP contribution in [0.2, 0.25) is 0 Å². The number of nitrogens with zero attached hydrogens (tertiary/aromatic N) is 1. The van der Waals surface area contributed by atoms with Crippen molar-refractivity contribution in [2.24, 2.45) is 7.05 Å². The fourth-order valence-electron chi connectivity index (χ4n) is 2.27. The van der Waals surface area contributed by atoms with E-state index in [2.05, 4.69) is 0 Å². The average molecular weight is 281 g/mol. The van der Waals surface area contributed by atoms with Gasteiger partial charge in [0.2, 0.25) is 0 Å². The number of fused-ring (bicyclic) bond motifs is 1. The van der Waals surface area contributed by atoms with Gasteiger partial charge in [-0.15, -0.1) is 0 Å². The van der Waals surface area contributed by atoms with E-state index in [0.29, 0.717) is 5.56 Å². The van der Waals surface area contributed by atoms with Crippen LogP contribution >= 0.6 is 0 Å². The lowest BCUT2D eigenvalue weighted by Crippen LogP contribution is -2.18. The van der Waals surface area contributed by atoms with Gasteiger partial charge in [0.15, 0.2) is 0 Å². The molecule has 0 amide bonds. The molecule has 0 spiro atoms. The van der Waals surface area contributed by atoms with Crippen LogP contribution in [0.3, 0.4) is 0 Å². The van der Waals surface area contributed by atoms with Crippen molar-refractivity contribution in [3.8, 4) is 16.9 Å². The van der Waals surface area contributed by atoms with Crippen LogP contribution in [0, 0.1) is 0 Å². The number of phenols is 1. The Hall–Kier alpha value is -2.55. The number of aryl methyl sites for hydroxylation is 1. The summed E-state index contributed by atoms with van der Waals surface area (Å²) in [6, 6.07) is 16.4. The molecule has 3 rings (SSSR count). The van der Waals surface area contributed by atoms with Crippen molar-refractivity contribution in [3.05, 3.63) is 65.0 Å². The summed E-state index contributed by atoms with van der Waals surface area (Å²) < 4.78 is 1.65. The zero-order valence-corrected chi connectivity index (χ0v) is 12.5. The van der Waals surface area contributed by atoms with Crippen LogP contribution in [0.1, 0.15) is 13.8 Å². The average Bonchev–Trinajstić information content (AvgIpc) is 2.54. The summed E-state index contributed by atoms with van der Waals surface area (Å²) in [5.41, 5.74) is 2.32. The Morgan fingerprint density at radius 1 is 0.952 bits per heavy atom. The van der Waals surface area contributed by atoms with E-state index in [1.165, 1.54) is 0 Å². The number of phenolic OH excluding ortho intramolecular Hbond substituents is 1. The van der Waals surface area contributed by atoms with Gasteiger partial charge < -0.3 is 9.67 Å². The molecule has 0 saturated heterocycles. The van der Waals surface area contributed by atoms with Gasteiger partial charge in [-0.3, -0.25) is 4.79 Å². The summed E-state index contributed by atoms with van der Waals surface area (Å²) in [5, 5.41) is 10.3. The normalized spacial score (nSPS) is 10.0. The summed E-state index contributed by atoms with van der Waals surface area (Å²) in [6.07, 6.45) is 0. The van der Waals surface area contributed by atoms with Gasteiger partial charge in [0.05, 0.1) is 5.52 Å². The fraction of sp³-hybridized carbons (Fsp3) is 0.167. The number of rotatable bonds is 1. The first kappa shape index (κ1) is 14.9. The van der Waals surface area contributed by atoms with E-state index in [9.17, 15) is 9.90 Å². The number of benzene rings is 2. The van der Waals surface area contributed by atoms with Crippen molar-refractivity contribution >= 4 is 10.9 Å². The van der Waals surface area contributed by atoms with Gasteiger partial charge in [0, 0.05) is 12.6 Å². The second-order valence-corrected chi connectivity index (χ2v) is 4.53. The molecule has 1 aromatic heterocycles. The van der Waals surface area contributed by atoms with Gasteiger partial charge in [-0.2, -0.15) is 0 Å². The Balaban J connectivity index is 0.000000774. The topological polar surface area (TPSA) is 42.2 Å². The molecule has 0 bridgehead atoms. The lowest BCUT2D eigenvalue weighted by molar-refractivity contribution is 0.475. The maximum absolute atomic E-state index is 12.4. The molecule has 0 radical (unpaired) electrons. The molecule has 3 aromatic rings. The van der Waals surface area contributed by atoms with Crippen LogP contribution in [0.4, 0.5) is 0 Å². The molecule has 108 valence electrons. The minimum Gasteiger partial charge on any atom is -0.508 e. The second-order valence-electron chi connectivity index (χ2n) is 4.53. The summed E-state index contributed by atoms with van der Waals surface area (Å²) in [6.45, 7) is 4.00. The van der Waals surface area contributed by atoms with Gasteiger partial charge in [-0.1, -0.05) is 44.2 Å². The number of para-hydroxylation sites is 1. The summed E-state index contributed by atoms with van der Waals surface area (Å²) in [4.78, 5) is 12.4. The van der Waals surface area contributed by atoms with E-state index in [4.69, 9.17) is 0 Å². The quantitative estimate of drug-likeness (QED) is 0.734. The van der Waals surface area contributed by atoms with E-state index < -0.39 is 0 Å². The van der Waals surface area contributed by atoms with Crippen molar-refractivity contribution in [2.75, 3.05) is 0 Å². The summed E-state index contributed by atoms with van der Waals surface area (Å²) in [5.74, 6) is 0.196.